The van der Waals surface area contributed by atoms with Gasteiger partial charge in [-0.1, -0.05) is 13.3 Å². The highest BCUT2D eigenvalue weighted by Crippen LogP contribution is 2.32. The SMILES string of the molecule is CC(C(N)=O)C1CCC1. The summed E-state index contributed by atoms with van der Waals surface area (Å²) >= 11 is 0. The molecule has 0 aromatic rings. The van der Waals surface area contributed by atoms with Crippen molar-refractivity contribution in [2.45, 2.75) is 26.2 Å². The maximum Gasteiger partial charge on any atom is 0.220 e. The molecule has 0 radical (unpaired) electrons. The summed E-state index contributed by atoms with van der Waals surface area (Å²) in [7, 11) is 0. The van der Waals surface area contributed by atoms with E-state index in [0.29, 0.717) is 5.92 Å². The normalized spacial score (nSPS) is 22.8. The monoisotopic (exact) mass is 127 g/mol. The van der Waals surface area contributed by atoms with Crippen LogP contribution in [-0.2, 0) is 4.79 Å². The van der Waals surface area contributed by atoms with Crippen molar-refractivity contribution < 1.29 is 4.79 Å². The molecule has 1 atom stereocenters. The lowest BCUT2D eigenvalue weighted by Gasteiger charge is -2.29. The van der Waals surface area contributed by atoms with Crippen molar-refractivity contribution >= 4 is 5.91 Å². The number of hydrogen-bond donors (Lipinski definition) is 1. The Morgan fingerprint density at radius 3 is 2.33 bits per heavy atom. The van der Waals surface area contributed by atoms with Gasteiger partial charge in [0.1, 0.15) is 0 Å². The largest absolute Gasteiger partial charge is 0.369 e. The Bertz CT molecular complexity index is 118. The van der Waals surface area contributed by atoms with Crippen LogP contribution in [0.5, 0.6) is 0 Å². The van der Waals surface area contributed by atoms with Gasteiger partial charge < -0.3 is 5.73 Å². The van der Waals surface area contributed by atoms with Gasteiger partial charge in [-0.15, -0.1) is 0 Å². The van der Waals surface area contributed by atoms with Gasteiger partial charge in [-0.25, -0.2) is 0 Å². The number of rotatable bonds is 2. The Kier molecular flexibility index (Phi) is 1.74. The van der Waals surface area contributed by atoms with Crippen molar-refractivity contribution in [3.8, 4) is 0 Å². The third kappa shape index (κ3) is 1.23. The molecule has 1 aliphatic carbocycles. The van der Waals surface area contributed by atoms with E-state index in [1.807, 2.05) is 6.92 Å². The predicted octanol–water partition coefficient (Wildman–Crippen LogP) is 0.908. The lowest BCUT2D eigenvalue weighted by Crippen LogP contribution is -2.31. The van der Waals surface area contributed by atoms with Crippen molar-refractivity contribution in [2.75, 3.05) is 0 Å². The second kappa shape index (κ2) is 2.38. The highest BCUT2D eigenvalue weighted by molar-refractivity contribution is 5.76. The maximum atomic E-state index is 10.6. The summed E-state index contributed by atoms with van der Waals surface area (Å²) in [6, 6.07) is 0. The second-order valence-corrected chi connectivity index (χ2v) is 2.88. The van der Waals surface area contributed by atoms with Gasteiger partial charge in [0.25, 0.3) is 0 Å². The quantitative estimate of drug-likeness (QED) is 0.588. The molecular formula is C7H13NO. The zero-order chi connectivity index (χ0) is 6.85. The van der Waals surface area contributed by atoms with E-state index in [1.165, 1.54) is 19.3 Å². The molecule has 1 unspecified atom stereocenters. The van der Waals surface area contributed by atoms with Gasteiger partial charge in [0, 0.05) is 5.92 Å². The van der Waals surface area contributed by atoms with E-state index in [-0.39, 0.29) is 11.8 Å². The first-order chi connectivity index (χ1) is 4.22. The molecule has 2 nitrogen and oxygen atoms in total. The van der Waals surface area contributed by atoms with E-state index in [2.05, 4.69) is 0 Å². The van der Waals surface area contributed by atoms with Crippen LogP contribution in [0.15, 0.2) is 0 Å². The molecule has 0 saturated heterocycles. The van der Waals surface area contributed by atoms with E-state index in [1.54, 1.807) is 0 Å². The van der Waals surface area contributed by atoms with Crippen LogP contribution in [0.3, 0.4) is 0 Å². The fourth-order valence-corrected chi connectivity index (χ4v) is 1.17. The summed E-state index contributed by atoms with van der Waals surface area (Å²) in [4.78, 5) is 10.6. The molecule has 0 heterocycles. The molecule has 0 aliphatic heterocycles. The zero-order valence-corrected chi connectivity index (χ0v) is 5.76. The zero-order valence-electron chi connectivity index (χ0n) is 5.76. The average Bonchev–Trinajstić information content (AvgIpc) is 1.60. The van der Waals surface area contributed by atoms with Crippen molar-refractivity contribution in [1.29, 1.82) is 0 Å². The van der Waals surface area contributed by atoms with Crippen LogP contribution in [0.4, 0.5) is 0 Å². The number of nitrogens with two attached hydrogens (primary N) is 1. The number of carbonyl (C=O) groups is 1. The summed E-state index contributed by atoms with van der Waals surface area (Å²) in [6.45, 7) is 1.92. The molecule has 1 amide bonds. The van der Waals surface area contributed by atoms with E-state index >= 15 is 0 Å². The minimum atomic E-state index is -0.139. The average molecular weight is 127 g/mol. The summed E-state index contributed by atoms with van der Waals surface area (Å²) in [5.41, 5.74) is 5.11. The number of hydrogen-bond acceptors (Lipinski definition) is 1. The molecule has 0 aromatic carbocycles. The van der Waals surface area contributed by atoms with Crippen molar-refractivity contribution in [3.05, 3.63) is 0 Å². The fourth-order valence-electron chi connectivity index (χ4n) is 1.17. The molecule has 1 rings (SSSR count). The van der Waals surface area contributed by atoms with Gasteiger partial charge in [-0.2, -0.15) is 0 Å². The lowest BCUT2D eigenvalue weighted by molar-refractivity contribution is -0.123. The third-order valence-electron chi connectivity index (χ3n) is 2.31. The molecule has 2 N–H and O–H groups in total. The standard InChI is InChI=1S/C7H13NO/c1-5(7(8)9)6-3-2-4-6/h5-6H,2-4H2,1H3,(H2,8,9). The van der Waals surface area contributed by atoms with E-state index in [9.17, 15) is 4.79 Å². The van der Waals surface area contributed by atoms with Gasteiger partial charge in [0.15, 0.2) is 0 Å². The first-order valence-corrected chi connectivity index (χ1v) is 3.51. The van der Waals surface area contributed by atoms with Crippen LogP contribution in [0.2, 0.25) is 0 Å². The second-order valence-electron chi connectivity index (χ2n) is 2.88. The molecule has 52 valence electrons. The maximum absolute atomic E-state index is 10.6. The van der Waals surface area contributed by atoms with Gasteiger partial charge in [-0.05, 0) is 18.8 Å². The number of primary amides is 1. The van der Waals surface area contributed by atoms with Crippen LogP contribution in [0, 0.1) is 11.8 Å². The summed E-state index contributed by atoms with van der Waals surface area (Å²) in [5, 5.41) is 0. The van der Waals surface area contributed by atoms with Crippen LogP contribution in [0.25, 0.3) is 0 Å². The molecule has 1 fully saturated rings. The first-order valence-electron chi connectivity index (χ1n) is 3.51. The van der Waals surface area contributed by atoms with Crippen molar-refractivity contribution in [1.82, 2.24) is 0 Å². The highest BCUT2D eigenvalue weighted by atomic mass is 16.1. The summed E-state index contributed by atoms with van der Waals surface area (Å²) in [6.07, 6.45) is 3.68. The predicted molar refractivity (Wildman–Crippen MR) is 35.7 cm³/mol. The van der Waals surface area contributed by atoms with Crippen LogP contribution >= 0.6 is 0 Å². The van der Waals surface area contributed by atoms with Crippen molar-refractivity contribution in [3.63, 3.8) is 0 Å². The van der Waals surface area contributed by atoms with E-state index in [4.69, 9.17) is 5.73 Å². The van der Waals surface area contributed by atoms with E-state index < -0.39 is 0 Å². The third-order valence-corrected chi connectivity index (χ3v) is 2.31. The topological polar surface area (TPSA) is 43.1 Å². The van der Waals surface area contributed by atoms with Gasteiger partial charge in [0.05, 0.1) is 0 Å². The highest BCUT2D eigenvalue weighted by Gasteiger charge is 2.26. The van der Waals surface area contributed by atoms with E-state index in [0.717, 1.165) is 0 Å². The molecular weight excluding hydrogens is 114 g/mol. The molecule has 1 aliphatic rings. The van der Waals surface area contributed by atoms with Gasteiger partial charge in [-0.3, -0.25) is 4.79 Å². The first kappa shape index (κ1) is 6.59. The van der Waals surface area contributed by atoms with Gasteiger partial charge >= 0.3 is 0 Å². The van der Waals surface area contributed by atoms with Crippen molar-refractivity contribution in [2.24, 2.45) is 17.6 Å². The number of amides is 1. The Hall–Kier alpha value is -0.530. The molecule has 0 bridgehead atoms. The molecule has 0 spiro atoms. The molecule has 9 heavy (non-hydrogen) atoms. The molecule has 2 heteroatoms. The summed E-state index contributed by atoms with van der Waals surface area (Å²) < 4.78 is 0. The molecule has 0 aromatic heterocycles. The van der Waals surface area contributed by atoms with Crippen LogP contribution < -0.4 is 5.73 Å². The molecule has 1 saturated carbocycles. The Morgan fingerprint density at radius 1 is 1.67 bits per heavy atom. The summed E-state index contributed by atoms with van der Waals surface area (Å²) in [5.74, 6) is 0.570. The van der Waals surface area contributed by atoms with Crippen LogP contribution in [-0.4, -0.2) is 5.91 Å². The Labute approximate surface area is 55.4 Å². The fraction of sp³-hybridized carbons (Fsp3) is 0.857. The Balaban J connectivity index is 2.32. The van der Waals surface area contributed by atoms with Crippen LogP contribution in [0.1, 0.15) is 26.2 Å². The number of carbonyl (C=O) groups excluding carboxylic acids is 1. The van der Waals surface area contributed by atoms with Gasteiger partial charge in [0.2, 0.25) is 5.91 Å². The Morgan fingerprint density at radius 2 is 2.22 bits per heavy atom. The minimum absolute atomic E-state index is 0.110. The minimum Gasteiger partial charge on any atom is -0.369 e. The smallest absolute Gasteiger partial charge is 0.220 e. The lowest BCUT2D eigenvalue weighted by atomic mass is 9.76.